The molecule has 0 fully saturated rings. The number of hydrogen-bond donors (Lipinski definition) is 0. The Labute approximate surface area is 104 Å². The van der Waals surface area contributed by atoms with E-state index < -0.39 is 5.97 Å². The second-order valence-electron chi connectivity index (χ2n) is 4.00. The molecule has 0 unspecified atom stereocenters. The number of ketones is 2. The van der Waals surface area contributed by atoms with E-state index in [-0.39, 0.29) is 24.6 Å². The lowest BCUT2D eigenvalue weighted by molar-refractivity contribution is -0.140. The van der Waals surface area contributed by atoms with Crippen LogP contribution in [0.4, 0.5) is 0 Å². The fourth-order valence-corrected chi connectivity index (χ4v) is 1.86. The largest absolute Gasteiger partial charge is 0.466 e. The molecule has 0 atom stereocenters. The van der Waals surface area contributed by atoms with Crippen LogP contribution in [0.5, 0.6) is 0 Å². The van der Waals surface area contributed by atoms with E-state index in [1.165, 1.54) is 13.0 Å². The fraction of sp³-hybridized carbons (Fsp3) is 0.214. The van der Waals surface area contributed by atoms with Gasteiger partial charge in [0.25, 0.3) is 0 Å². The maximum Gasteiger partial charge on any atom is 0.302 e. The van der Waals surface area contributed by atoms with Crippen LogP contribution >= 0.6 is 0 Å². The molecule has 0 N–H and O–H groups in total. The SMILES string of the molecule is CC(=O)OCCC1=CC(=O)c2ccccc2C1=O. The molecular weight excluding hydrogens is 232 g/mol. The standard InChI is InChI=1S/C14H12O4/c1-9(15)18-7-6-10-8-13(16)11-4-2-3-5-12(11)14(10)17/h2-5,8H,6-7H2,1H3. The Bertz CT molecular complexity index is 555. The molecule has 0 saturated carbocycles. The summed E-state index contributed by atoms with van der Waals surface area (Å²) in [5, 5.41) is 0. The second kappa shape index (κ2) is 4.96. The van der Waals surface area contributed by atoms with E-state index >= 15 is 0 Å². The van der Waals surface area contributed by atoms with Crippen molar-refractivity contribution in [2.24, 2.45) is 0 Å². The van der Waals surface area contributed by atoms with Gasteiger partial charge in [-0.2, -0.15) is 0 Å². The second-order valence-corrected chi connectivity index (χ2v) is 4.00. The van der Waals surface area contributed by atoms with Crippen molar-refractivity contribution in [3.8, 4) is 0 Å². The van der Waals surface area contributed by atoms with E-state index in [0.29, 0.717) is 16.7 Å². The summed E-state index contributed by atoms with van der Waals surface area (Å²) in [4.78, 5) is 34.5. The van der Waals surface area contributed by atoms with Crippen LogP contribution in [-0.2, 0) is 9.53 Å². The molecule has 0 radical (unpaired) electrons. The van der Waals surface area contributed by atoms with Crippen LogP contribution in [0.25, 0.3) is 0 Å². The van der Waals surface area contributed by atoms with Crippen LogP contribution in [0.1, 0.15) is 34.1 Å². The number of esters is 1. The molecule has 0 aliphatic heterocycles. The summed E-state index contributed by atoms with van der Waals surface area (Å²) in [7, 11) is 0. The third kappa shape index (κ3) is 2.37. The Morgan fingerprint density at radius 1 is 1.17 bits per heavy atom. The molecule has 2 rings (SSSR count). The van der Waals surface area contributed by atoms with Crippen LogP contribution < -0.4 is 0 Å². The predicted octanol–water partition coefficient (Wildman–Crippen LogP) is 1.95. The van der Waals surface area contributed by atoms with Crippen molar-refractivity contribution in [1.82, 2.24) is 0 Å². The van der Waals surface area contributed by atoms with Crippen molar-refractivity contribution in [1.29, 1.82) is 0 Å². The van der Waals surface area contributed by atoms with E-state index in [9.17, 15) is 14.4 Å². The van der Waals surface area contributed by atoms with Crippen molar-refractivity contribution in [2.45, 2.75) is 13.3 Å². The normalized spacial score (nSPS) is 13.9. The molecule has 0 amide bonds. The third-order valence-corrected chi connectivity index (χ3v) is 2.71. The summed E-state index contributed by atoms with van der Waals surface area (Å²) in [5.74, 6) is -0.744. The van der Waals surface area contributed by atoms with Gasteiger partial charge in [-0.05, 0) is 6.08 Å². The highest BCUT2D eigenvalue weighted by molar-refractivity contribution is 6.24. The summed E-state index contributed by atoms with van der Waals surface area (Å²) in [5.41, 5.74) is 1.24. The van der Waals surface area contributed by atoms with Gasteiger partial charge in [-0.3, -0.25) is 14.4 Å². The highest BCUT2D eigenvalue weighted by Gasteiger charge is 2.24. The molecular formula is C14H12O4. The van der Waals surface area contributed by atoms with Gasteiger partial charge in [0.1, 0.15) is 0 Å². The topological polar surface area (TPSA) is 60.4 Å². The molecule has 1 aliphatic rings. The molecule has 0 heterocycles. The van der Waals surface area contributed by atoms with E-state index in [0.717, 1.165) is 0 Å². The molecule has 0 saturated heterocycles. The van der Waals surface area contributed by atoms with Gasteiger partial charge in [0.05, 0.1) is 6.61 Å². The molecule has 0 spiro atoms. The van der Waals surface area contributed by atoms with Crippen molar-refractivity contribution < 1.29 is 19.1 Å². The number of Topliss-reactive ketones (excluding diaryl/α,β-unsaturated/α-hetero) is 1. The Balaban J connectivity index is 2.18. The maximum absolute atomic E-state index is 12.1. The maximum atomic E-state index is 12.1. The summed E-state index contributed by atoms with van der Waals surface area (Å²) < 4.78 is 4.77. The van der Waals surface area contributed by atoms with Crippen LogP contribution in [-0.4, -0.2) is 24.1 Å². The van der Waals surface area contributed by atoms with Crippen molar-refractivity contribution in [2.75, 3.05) is 6.61 Å². The Morgan fingerprint density at radius 2 is 1.83 bits per heavy atom. The number of allylic oxidation sites excluding steroid dienone is 1. The minimum Gasteiger partial charge on any atom is -0.466 e. The number of fused-ring (bicyclic) bond motifs is 1. The first-order valence-corrected chi connectivity index (χ1v) is 5.61. The number of ether oxygens (including phenoxy) is 1. The minimum atomic E-state index is -0.398. The van der Waals surface area contributed by atoms with E-state index in [2.05, 4.69) is 0 Å². The summed E-state index contributed by atoms with van der Waals surface area (Å²) >= 11 is 0. The first-order chi connectivity index (χ1) is 8.59. The fourth-order valence-electron chi connectivity index (χ4n) is 1.86. The molecule has 1 aliphatic carbocycles. The lowest BCUT2D eigenvalue weighted by atomic mass is 9.88. The Hall–Kier alpha value is -2.23. The average Bonchev–Trinajstić information content (AvgIpc) is 2.35. The summed E-state index contributed by atoms with van der Waals surface area (Å²) in [6.45, 7) is 1.42. The highest BCUT2D eigenvalue weighted by atomic mass is 16.5. The van der Waals surface area contributed by atoms with Gasteiger partial charge in [0.2, 0.25) is 0 Å². The average molecular weight is 244 g/mol. The van der Waals surface area contributed by atoms with Gasteiger partial charge in [-0.25, -0.2) is 0 Å². The van der Waals surface area contributed by atoms with Crippen LogP contribution in [0.3, 0.4) is 0 Å². The number of rotatable bonds is 3. The lowest BCUT2D eigenvalue weighted by Crippen LogP contribution is -2.18. The van der Waals surface area contributed by atoms with Gasteiger partial charge < -0.3 is 4.74 Å². The van der Waals surface area contributed by atoms with Gasteiger partial charge in [0.15, 0.2) is 11.6 Å². The number of hydrogen-bond acceptors (Lipinski definition) is 4. The van der Waals surface area contributed by atoms with Gasteiger partial charge in [-0.15, -0.1) is 0 Å². The van der Waals surface area contributed by atoms with Crippen molar-refractivity contribution >= 4 is 17.5 Å². The minimum absolute atomic E-state index is 0.113. The predicted molar refractivity (Wildman–Crippen MR) is 64.4 cm³/mol. The number of carbonyl (C=O) groups excluding carboxylic acids is 3. The zero-order valence-corrected chi connectivity index (χ0v) is 9.93. The number of benzene rings is 1. The van der Waals surface area contributed by atoms with Crippen molar-refractivity contribution in [3.05, 3.63) is 47.0 Å². The van der Waals surface area contributed by atoms with Gasteiger partial charge >= 0.3 is 5.97 Å². The van der Waals surface area contributed by atoms with E-state index in [1.54, 1.807) is 24.3 Å². The van der Waals surface area contributed by atoms with Crippen LogP contribution in [0.15, 0.2) is 35.9 Å². The Morgan fingerprint density at radius 3 is 2.50 bits per heavy atom. The molecule has 92 valence electrons. The zero-order valence-electron chi connectivity index (χ0n) is 9.93. The van der Waals surface area contributed by atoms with E-state index in [1.807, 2.05) is 0 Å². The first kappa shape index (κ1) is 12.2. The molecule has 0 bridgehead atoms. The quantitative estimate of drug-likeness (QED) is 0.762. The molecule has 18 heavy (non-hydrogen) atoms. The third-order valence-electron chi connectivity index (χ3n) is 2.71. The van der Waals surface area contributed by atoms with Gasteiger partial charge in [-0.1, -0.05) is 24.3 Å². The van der Waals surface area contributed by atoms with Crippen LogP contribution in [0.2, 0.25) is 0 Å². The smallest absolute Gasteiger partial charge is 0.302 e. The lowest BCUT2D eigenvalue weighted by Gasteiger charge is -2.14. The van der Waals surface area contributed by atoms with Gasteiger partial charge in [0, 0.05) is 30.0 Å². The molecule has 4 nitrogen and oxygen atoms in total. The van der Waals surface area contributed by atoms with Crippen molar-refractivity contribution in [3.63, 3.8) is 0 Å². The zero-order chi connectivity index (χ0) is 13.1. The van der Waals surface area contributed by atoms with E-state index in [4.69, 9.17) is 4.74 Å². The first-order valence-electron chi connectivity index (χ1n) is 5.61. The summed E-state index contributed by atoms with van der Waals surface area (Å²) in [6, 6.07) is 6.71. The molecule has 0 aromatic heterocycles. The number of carbonyl (C=O) groups is 3. The molecule has 1 aromatic carbocycles. The van der Waals surface area contributed by atoms with Crippen LogP contribution in [0, 0.1) is 0 Å². The Kier molecular flexibility index (Phi) is 3.37. The molecule has 1 aromatic rings. The molecule has 4 heteroatoms. The summed E-state index contributed by atoms with van der Waals surface area (Å²) in [6.07, 6.45) is 1.59. The monoisotopic (exact) mass is 244 g/mol. The highest BCUT2D eigenvalue weighted by Crippen LogP contribution is 2.22.